The SMILES string of the molecule is Cc1ccc(C(=O)C(C)Sc2nnc(C3CC3)n2C2CC2)cc1C. The fraction of sp³-hybridized carbons (Fsp3) is 0.526. The average Bonchev–Trinajstić information content (AvgIpc) is 3.48. The van der Waals surface area contributed by atoms with Crippen LogP contribution in [0.3, 0.4) is 0 Å². The second-order valence-electron chi connectivity index (χ2n) is 7.14. The highest BCUT2D eigenvalue weighted by molar-refractivity contribution is 8.00. The number of aromatic nitrogens is 3. The number of benzene rings is 1. The smallest absolute Gasteiger partial charge is 0.192 e. The molecule has 0 N–H and O–H groups in total. The monoisotopic (exact) mass is 341 g/mol. The number of nitrogens with zero attached hydrogens (tertiary/aromatic N) is 3. The maximum Gasteiger partial charge on any atom is 0.192 e. The first-order valence-corrected chi connectivity index (χ1v) is 9.65. The molecule has 1 aromatic carbocycles. The second-order valence-corrected chi connectivity index (χ2v) is 8.45. The van der Waals surface area contributed by atoms with E-state index in [0.29, 0.717) is 12.0 Å². The zero-order valence-corrected chi connectivity index (χ0v) is 15.3. The summed E-state index contributed by atoms with van der Waals surface area (Å²) < 4.78 is 2.31. The van der Waals surface area contributed by atoms with E-state index in [-0.39, 0.29) is 11.0 Å². The number of carbonyl (C=O) groups excluding carboxylic acids is 1. The van der Waals surface area contributed by atoms with Gasteiger partial charge in [0.15, 0.2) is 10.9 Å². The van der Waals surface area contributed by atoms with Gasteiger partial charge in [0, 0.05) is 17.5 Å². The molecule has 1 aromatic heterocycles. The van der Waals surface area contributed by atoms with Crippen LogP contribution in [-0.2, 0) is 0 Å². The van der Waals surface area contributed by atoms with Gasteiger partial charge in [0.1, 0.15) is 5.82 Å². The minimum absolute atomic E-state index is 0.152. The molecule has 5 heteroatoms. The molecule has 1 unspecified atom stereocenters. The molecule has 2 fully saturated rings. The third kappa shape index (κ3) is 3.02. The van der Waals surface area contributed by atoms with Crippen LogP contribution in [0.1, 0.15) is 71.9 Å². The Morgan fingerprint density at radius 3 is 2.54 bits per heavy atom. The molecule has 2 saturated carbocycles. The lowest BCUT2D eigenvalue weighted by atomic mass is 10.0. The number of ketones is 1. The normalized spacial score (nSPS) is 18.6. The quantitative estimate of drug-likeness (QED) is 0.574. The molecule has 0 radical (unpaired) electrons. The van der Waals surface area contributed by atoms with Crippen molar-refractivity contribution in [2.24, 2.45) is 0 Å². The second kappa shape index (κ2) is 6.03. The molecule has 0 aliphatic heterocycles. The van der Waals surface area contributed by atoms with Crippen LogP contribution in [0.5, 0.6) is 0 Å². The summed E-state index contributed by atoms with van der Waals surface area (Å²) in [6.07, 6.45) is 4.88. The van der Waals surface area contributed by atoms with Gasteiger partial charge in [0.05, 0.1) is 5.25 Å². The molecule has 0 spiro atoms. The van der Waals surface area contributed by atoms with Crippen LogP contribution in [0.4, 0.5) is 0 Å². The van der Waals surface area contributed by atoms with Crippen molar-refractivity contribution in [2.75, 3.05) is 0 Å². The minimum Gasteiger partial charge on any atom is -0.303 e. The average molecular weight is 341 g/mol. The third-order valence-electron chi connectivity index (χ3n) is 4.99. The number of hydrogen-bond acceptors (Lipinski definition) is 4. The van der Waals surface area contributed by atoms with Crippen molar-refractivity contribution in [3.05, 3.63) is 40.7 Å². The van der Waals surface area contributed by atoms with E-state index < -0.39 is 0 Å². The summed E-state index contributed by atoms with van der Waals surface area (Å²) in [7, 11) is 0. The Morgan fingerprint density at radius 1 is 1.17 bits per heavy atom. The number of hydrogen-bond donors (Lipinski definition) is 0. The number of carbonyl (C=O) groups is 1. The Balaban J connectivity index is 1.54. The lowest BCUT2D eigenvalue weighted by Gasteiger charge is -2.13. The Hall–Kier alpha value is -1.62. The van der Waals surface area contributed by atoms with E-state index in [9.17, 15) is 4.79 Å². The van der Waals surface area contributed by atoms with Gasteiger partial charge < -0.3 is 4.57 Å². The van der Waals surface area contributed by atoms with Crippen molar-refractivity contribution < 1.29 is 4.79 Å². The van der Waals surface area contributed by atoms with Gasteiger partial charge in [-0.1, -0.05) is 23.9 Å². The summed E-state index contributed by atoms with van der Waals surface area (Å²) >= 11 is 1.56. The van der Waals surface area contributed by atoms with Crippen molar-refractivity contribution in [2.45, 2.75) is 68.8 Å². The van der Waals surface area contributed by atoms with Gasteiger partial charge in [0.2, 0.25) is 0 Å². The molecule has 2 aliphatic carbocycles. The maximum atomic E-state index is 12.8. The van der Waals surface area contributed by atoms with Crippen LogP contribution in [0.25, 0.3) is 0 Å². The number of aryl methyl sites for hydroxylation is 2. The van der Waals surface area contributed by atoms with Crippen LogP contribution < -0.4 is 0 Å². The standard InChI is InChI=1S/C19H23N3OS/c1-11-4-5-15(10-12(11)2)17(23)13(3)24-19-21-20-18(14-6-7-14)22(19)16-8-9-16/h4-5,10,13-14,16H,6-9H2,1-3H3. The van der Waals surface area contributed by atoms with Crippen LogP contribution >= 0.6 is 11.8 Å². The molecular formula is C19H23N3OS. The molecule has 1 heterocycles. The molecule has 2 aliphatic rings. The van der Waals surface area contributed by atoms with Crippen molar-refractivity contribution in [3.63, 3.8) is 0 Å². The molecule has 2 aromatic rings. The van der Waals surface area contributed by atoms with E-state index >= 15 is 0 Å². The van der Waals surface area contributed by atoms with Crippen molar-refractivity contribution in [1.29, 1.82) is 0 Å². The van der Waals surface area contributed by atoms with Gasteiger partial charge in [-0.2, -0.15) is 0 Å². The van der Waals surface area contributed by atoms with E-state index in [1.807, 2.05) is 25.1 Å². The summed E-state index contributed by atoms with van der Waals surface area (Å²) in [4.78, 5) is 12.8. The zero-order chi connectivity index (χ0) is 16.8. The predicted molar refractivity (Wildman–Crippen MR) is 95.8 cm³/mol. The first kappa shape index (κ1) is 15.9. The molecule has 0 bridgehead atoms. The molecule has 0 saturated heterocycles. The maximum absolute atomic E-state index is 12.8. The van der Waals surface area contributed by atoms with Gasteiger partial charge in [-0.15, -0.1) is 10.2 Å². The van der Waals surface area contributed by atoms with Crippen molar-refractivity contribution in [1.82, 2.24) is 14.8 Å². The van der Waals surface area contributed by atoms with Gasteiger partial charge in [-0.25, -0.2) is 0 Å². The molecule has 1 atom stereocenters. The third-order valence-corrected chi connectivity index (χ3v) is 6.05. The highest BCUT2D eigenvalue weighted by atomic mass is 32.2. The first-order chi connectivity index (χ1) is 11.5. The van der Waals surface area contributed by atoms with Crippen LogP contribution in [-0.4, -0.2) is 25.8 Å². The highest BCUT2D eigenvalue weighted by Gasteiger charge is 2.37. The summed E-state index contributed by atoms with van der Waals surface area (Å²) in [6.45, 7) is 6.10. The van der Waals surface area contributed by atoms with Crippen LogP contribution in [0.15, 0.2) is 23.4 Å². The number of rotatable bonds is 6. The van der Waals surface area contributed by atoms with E-state index in [0.717, 1.165) is 22.1 Å². The van der Waals surface area contributed by atoms with Crippen LogP contribution in [0.2, 0.25) is 0 Å². The summed E-state index contributed by atoms with van der Waals surface area (Å²) in [5.74, 6) is 1.91. The van der Waals surface area contributed by atoms with E-state index in [1.54, 1.807) is 11.8 Å². The van der Waals surface area contributed by atoms with Crippen molar-refractivity contribution >= 4 is 17.5 Å². The van der Waals surface area contributed by atoms with Gasteiger partial charge in [0.25, 0.3) is 0 Å². The summed E-state index contributed by atoms with van der Waals surface area (Å²) in [5, 5.41) is 9.61. The van der Waals surface area contributed by atoms with E-state index in [4.69, 9.17) is 0 Å². The number of Topliss-reactive ketones (excluding diaryl/α,β-unsaturated/α-hetero) is 1. The van der Waals surface area contributed by atoms with Gasteiger partial charge in [-0.05, 0) is 63.6 Å². The predicted octanol–water partition coefficient (Wildman–Crippen LogP) is 4.47. The molecular weight excluding hydrogens is 318 g/mol. The van der Waals surface area contributed by atoms with Crippen LogP contribution in [0, 0.1) is 13.8 Å². The Labute approximate surface area is 147 Å². The Morgan fingerprint density at radius 2 is 1.92 bits per heavy atom. The zero-order valence-electron chi connectivity index (χ0n) is 14.5. The van der Waals surface area contributed by atoms with Crippen molar-refractivity contribution in [3.8, 4) is 0 Å². The number of thioether (sulfide) groups is 1. The first-order valence-electron chi connectivity index (χ1n) is 8.77. The lowest BCUT2D eigenvalue weighted by Crippen LogP contribution is -2.15. The summed E-state index contributed by atoms with van der Waals surface area (Å²) in [6, 6.07) is 6.51. The van der Waals surface area contributed by atoms with E-state index in [2.05, 4.69) is 28.6 Å². The molecule has 4 nitrogen and oxygen atoms in total. The Kier molecular flexibility index (Phi) is 3.99. The largest absolute Gasteiger partial charge is 0.303 e. The summed E-state index contributed by atoms with van der Waals surface area (Å²) in [5.41, 5.74) is 3.17. The van der Waals surface area contributed by atoms with E-state index in [1.165, 1.54) is 31.2 Å². The highest BCUT2D eigenvalue weighted by Crippen LogP contribution is 2.46. The molecule has 4 rings (SSSR count). The molecule has 126 valence electrons. The fourth-order valence-electron chi connectivity index (χ4n) is 3.01. The minimum atomic E-state index is -0.152. The molecule has 0 amide bonds. The van der Waals surface area contributed by atoms with Gasteiger partial charge >= 0.3 is 0 Å². The lowest BCUT2D eigenvalue weighted by molar-refractivity contribution is 0.0993. The fourth-order valence-corrected chi connectivity index (χ4v) is 4.01. The van der Waals surface area contributed by atoms with Gasteiger partial charge in [-0.3, -0.25) is 4.79 Å². The Bertz CT molecular complexity index is 790. The topological polar surface area (TPSA) is 47.8 Å². The molecule has 24 heavy (non-hydrogen) atoms.